The summed E-state index contributed by atoms with van der Waals surface area (Å²) in [6.07, 6.45) is 11.8. The van der Waals surface area contributed by atoms with Crippen LogP contribution in [-0.2, 0) is 9.53 Å². The molecule has 2 heterocycles. The van der Waals surface area contributed by atoms with Crippen LogP contribution in [0.1, 0.15) is 63.0 Å². The third-order valence-corrected chi connectivity index (χ3v) is 6.10. The zero-order chi connectivity index (χ0) is 18.6. The summed E-state index contributed by atoms with van der Waals surface area (Å²) in [6.45, 7) is 0.525. The monoisotopic (exact) mass is 367 g/mol. The number of carbonyl (C=O) groups is 1. The summed E-state index contributed by atoms with van der Waals surface area (Å²) in [5, 5.41) is 0. The van der Waals surface area contributed by atoms with Crippen LogP contribution in [0.2, 0.25) is 0 Å². The van der Waals surface area contributed by atoms with Crippen molar-refractivity contribution < 1.29 is 9.53 Å². The number of ether oxygens (including phenoxy) is 1. The first-order valence-corrected chi connectivity index (χ1v) is 10.3. The molecule has 0 spiro atoms. The number of nitrogens with zero attached hydrogens (tertiary/aromatic N) is 2. The molecule has 1 aromatic heterocycles. The highest BCUT2D eigenvalue weighted by Crippen LogP contribution is 2.43. The standard InChI is InChI=1S/C22H29N3O2/c23-12-6-11-22(26)27-21(16-7-2-1-3-8-16)13-19-17-9-4-5-10-18(17)20-14-24-15-25(19)20/h4-5,9-10,14-16,19,21H,1-3,6-8,11-13,23H2. The summed E-state index contributed by atoms with van der Waals surface area (Å²) in [6, 6.07) is 8.71. The van der Waals surface area contributed by atoms with Gasteiger partial charge in [0, 0.05) is 18.4 Å². The molecule has 0 bridgehead atoms. The van der Waals surface area contributed by atoms with Crippen molar-refractivity contribution in [2.45, 2.75) is 63.5 Å². The highest BCUT2D eigenvalue weighted by Gasteiger charge is 2.35. The molecule has 0 amide bonds. The summed E-state index contributed by atoms with van der Waals surface area (Å²) in [5.41, 5.74) is 9.28. The van der Waals surface area contributed by atoms with Gasteiger partial charge in [0.15, 0.2) is 0 Å². The molecule has 144 valence electrons. The highest BCUT2D eigenvalue weighted by molar-refractivity contribution is 5.70. The molecule has 2 aromatic rings. The van der Waals surface area contributed by atoms with Crippen molar-refractivity contribution in [3.63, 3.8) is 0 Å². The fraction of sp³-hybridized carbons (Fsp3) is 0.545. The molecule has 0 saturated heterocycles. The van der Waals surface area contributed by atoms with E-state index in [1.54, 1.807) is 0 Å². The van der Waals surface area contributed by atoms with Crippen LogP contribution in [0.3, 0.4) is 0 Å². The third-order valence-electron chi connectivity index (χ3n) is 6.10. The van der Waals surface area contributed by atoms with Crippen LogP contribution in [0, 0.1) is 5.92 Å². The van der Waals surface area contributed by atoms with E-state index in [1.807, 2.05) is 12.5 Å². The minimum absolute atomic E-state index is 0.0398. The molecular formula is C22H29N3O2. The molecule has 2 aliphatic rings. The molecule has 4 rings (SSSR count). The fourth-order valence-electron chi connectivity index (χ4n) is 4.71. The lowest BCUT2D eigenvalue weighted by Crippen LogP contribution is -2.31. The Morgan fingerprint density at radius 2 is 2.07 bits per heavy atom. The molecule has 2 atom stereocenters. The van der Waals surface area contributed by atoms with Crippen molar-refractivity contribution >= 4 is 5.97 Å². The van der Waals surface area contributed by atoms with Gasteiger partial charge in [-0.3, -0.25) is 4.79 Å². The average Bonchev–Trinajstić information content (AvgIpc) is 3.29. The minimum Gasteiger partial charge on any atom is -0.462 e. The lowest BCUT2D eigenvalue weighted by molar-refractivity contribution is -0.153. The first-order chi connectivity index (χ1) is 13.3. The Hall–Kier alpha value is -2.14. The quantitative estimate of drug-likeness (QED) is 0.749. The van der Waals surface area contributed by atoms with Gasteiger partial charge in [0.2, 0.25) is 0 Å². The number of hydrogen-bond donors (Lipinski definition) is 1. The fourth-order valence-corrected chi connectivity index (χ4v) is 4.71. The molecule has 2 N–H and O–H groups in total. The Morgan fingerprint density at radius 1 is 1.26 bits per heavy atom. The number of carbonyl (C=O) groups excluding carboxylic acids is 1. The van der Waals surface area contributed by atoms with Gasteiger partial charge in [-0.05, 0) is 37.3 Å². The predicted octanol–water partition coefficient (Wildman–Crippen LogP) is 4.07. The Labute approximate surface area is 160 Å². The van der Waals surface area contributed by atoms with Crippen LogP contribution in [0.15, 0.2) is 36.8 Å². The second-order valence-corrected chi connectivity index (χ2v) is 7.84. The smallest absolute Gasteiger partial charge is 0.306 e. The van der Waals surface area contributed by atoms with Crippen LogP contribution >= 0.6 is 0 Å². The van der Waals surface area contributed by atoms with Gasteiger partial charge in [0.05, 0.1) is 24.3 Å². The van der Waals surface area contributed by atoms with Crippen LogP contribution < -0.4 is 5.73 Å². The minimum atomic E-state index is -0.104. The van der Waals surface area contributed by atoms with E-state index in [9.17, 15) is 4.79 Å². The molecule has 1 saturated carbocycles. The normalized spacial score (nSPS) is 20.1. The predicted molar refractivity (Wildman–Crippen MR) is 105 cm³/mol. The molecule has 5 heteroatoms. The zero-order valence-electron chi connectivity index (χ0n) is 15.8. The van der Waals surface area contributed by atoms with E-state index in [1.165, 1.54) is 30.4 Å². The van der Waals surface area contributed by atoms with Gasteiger partial charge in [0.1, 0.15) is 6.10 Å². The molecule has 2 unspecified atom stereocenters. The molecule has 5 nitrogen and oxygen atoms in total. The first kappa shape index (κ1) is 18.2. The van der Waals surface area contributed by atoms with Gasteiger partial charge in [-0.1, -0.05) is 43.5 Å². The van der Waals surface area contributed by atoms with Crippen molar-refractivity contribution in [3.8, 4) is 11.3 Å². The number of fused-ring (bicyclic) bond motifs is 3. The maximum atomic E-state index is 12.4. The van der Waals surface area contributed by atoms with Crippen LogP contribution in [0.25, 0.3) is 11.3 Å². The molecule has 1 fully saturated rings. The van der Waals surface area contributed by atoms with Crippen molar-refractivity contribution in [1.29, 1.82) is 0 Å². The summed E-state index contributed by atoms with van der Waals surface area (Å²) in [4.78, 5) is 16.7. The van der Waals surface area contributed by atoms with Gasteiger partial charge in [-0.15, -0.1) is 0 Å². The van der Waals surface area contributed by atoms with Crippen molar-refractivity contribution in [2.24, 2.45) is 11.7 Å². The number of rotatable bonds is 7. The van der Waals surface area contributed by atoms with Gasteiger partial charge in [-0.2, -0.15) is 0 Å². The largest absolute Gasteiger partial charge is 0.462 e. The van der Waals surface area contributed by atoms with E-state index < -0.39 is 0 Å². The molecule has 1 aliphatic carbocycles. The summed E-state index contributed by atoms with van der Waals surface area (Å²) < 4.78 is 8.28. The number of hydrogen-bond acceptors (Lipinski definition) is 4. The second-order valence-electron chi connectivity index (χ2n) is 7.84. The van der Waals surface area contributed by atoms with E-state index in [4.69, 9.17) is 10.5 Å². The summed E-state index contributed by atoms with van der Waals surface area (Å²) >= 11 is 0. The van der Waals surface area contributed by atoms with Crippen LogP contribution in [0.4, 0.5) is 0 Å². The van der Waals surface area contributed by atoms with Gasteiger partial charge < -0.3 is 15.0 Å². The summed E-state index contributed by atoms with van der Waals surface area (Å²) in [7, 11) is 0. The third kappa shape index (κ3) is 3.79. The van der Waals surface area contributed by atoms with Gasteiger partial charge in [0.25, 0.3) is 0 Å². The summed E-state index contributed by atoms with van der Waals surface area (Å²) in [5.74, 6) is 0.355. The highest BCUT2D eigenvalue weighted by atomic mass is 16.5. The van der Waals surface area contributed by atoms with Crippen LogP contribution in [0.5, 0.6) is 0 Å². The molecule has 27 heavy (non-hydrogen) atoms. The Morgan fingerprint density at radius 3 is 2.89 bits per heavy atom. The van der Waals surface area contributed by atoms with Gasteiger partial charge >= 0.3 is 5.97 Å². The number of benzene rings is 1. The van der Waals surface area contributed by atoms with E-state index >= 15 is 0 Å². The SMILES string of the molecule is NCCCC(=O)OC(CC1c2ccccc2-c2cncn21)C1CCCCC1. The van der Waals surface area contributed by atoms with E-state index in [-0.39, 0.29) is 18.1 Å². The van der Waals surface area contributed by atoms with E-state index in [0.29, 0.717) is 25.3 Å². The zero-order valence-corrected chi connectivity index (χ0v) is 15.8. The van der Waals surface area contributed by atoms with Crippen molar-refractivity contribution in [2.75, 3.05) is 6.54 Å². The molecule has 1 aliphatic heterocycles. The second kappa shape index (κ2) is 8.26. The lowest BCUT2D eigenvalue weighted by atomic mass is 9.82. The topological polar surface area (TPSA) is 70.1 Å². The maximum absolute atomic E-state index is 12.4. The Kier molecular flexibility index (Phi) is 5.58. The Balaban J connectivity index is 1.56. The molecule has 0 radical (unpaired) electrons. The number of nitrogens with two attached hydrogens (primary N) is 1. The van der Waals surface area contributed by atoms with Crippen molar-refractivity contribution in [3.05, 3.63) is 42.4 Å². The number of esters is 1. The van der Waals surface area contributed by atoms with Crippen LogP contribution in [-0.4, -0.2) is 28.2 Å². The molecule has 1 aromatic carbocycles. The molecular weight excluding hydrogens is 338 g/mol. The maximum Gasteiger partial charge on any atom is 0.306 e. The first-order valence-electron chi connectivity index (χ1n) is 10.3. The average molecular weight is 367 g/mol. The van der Waals surface area contributed by atoms with Gasteiger partial charge in [-0.25, -0.2) is 4.98 Å². The van der Waals surface area contributed by atoms with E-state index in [2.05, 4.69) is 33.8 Å². The van der Waals surface area contributed by atoms with Crippen molar-refractivity contribution in [1.82, 2.24) is 9.55 Å². The number of imidazole rings is 1. The Bertz CT molecular complexity index is 779. The number of aromatic nitrogens is 2. The van der Waals surface area contributed by atoms with E-state index in [0.717, 1.165) is 25.0 Å². The lowest BCUT2D eigenvalue weighted by Gasteiger charge is -2.32.